The molecule has 0 aliphatic rings. The van der Waals surface area contributed by atoms with E-state index in [1.54, 1.807) is 6.07 Å². The van der Waals surface area contributed by atoms with Gasteiger partial charge < -0.3 is 11.1 Å². The minimum absolute atomic E-state index is 0.129. The van der Waals surface area contributed by atoms with Gasteiger partial charge in [-0.2, -0.15) is 4.39 Å². The van der Waals surface area contributed by atoms with Gasteiger partial charge in [0.05, 0.1) is 0 Å². The van der Waals surface area contributed by atoms with Gasteiger partial charge in [-0.15, -0.1) is 0 Å². The highest BCUT2D eigenvalue weighted by molar-refractivity contribution is 5.89. The molecule has 0 spiro atoms. The summed E-state index contributed by atoms with van der Waals surface area (Å²) in [6, 6.07) is 4.32. The summed E-state index contributed by atoms with van der Waals surface area (Å²) in [5.41, 5.74) is 5.36. The number of pyridine rings is 1. The summed E-state index contributed by atoms with van der Waals surface area (Å²) in [5, 5.41) is 2.56. The number of carbonyl (C=O) groups is 1. The monoisotopic (exact) mass is 239 g/mol. The average molecular weight is 239 g/mol. The first-order valence-electron chi connectivity index (χ1n) is 5.85. The van der Waals surface area contributed by atoms with E-state index in [9.17, 15) is 9.18 Å². The average Bonchev–Trinajstić information content (AvgIpc) is 2.29. The van der Waals surface area contributed by atoms with Gasteiger partial charge in [-0.25, -0.2) is 4.98 Å². The Hall–Kier alpha value is -1.49. The van der Waals surface area contributed by atoms with Crippen molar-refractivity contribution in [1.82, 2.24) is 4.98 Å². The molecule has 0 aliphatic heterocycles. The van der Waals surface area contributed by atoms with Crippen LogP contribution in [0.1, 0.15) is 32.1 Å². The summed E-state index contributed by atoms with van der Waals surface area (Å²) in [6.45, 7) is 0.694. The highest BCUT2D eigenvalue weighted by Crippen LogP contribution is 2.06. The van der Waals surface area contributed by atoms with Crippen molar-refractivity contribution >= 4 is 11.7 Å². The molecule has 5 heteroatoms. The van der Waals surface area contributed by atoms with Crippen molar-refractivity contribution in [3.63, 3.8) is 0 Å². The maximum Gasteiger partial charge on any atom is 0.225 e. The van der Waals surface area contributed by atoms with Crippen LogP contribution in [0, 0.1) is 5.95 Å². The number of anilines is 1. The first-order chi connectivity index (χ1) is 8.22. The highest BCUT2D eigenvalue weighted by atomic mass is 19.1. The smallest absolute Gasteiger partial charge is 0.225 e. The Bertz CT molecular complexity index is 357. The second-order valence-electron chi connectivity index (χ2n) is 3.85. The molecule has 0 bridgehead atoms. The number of halogens is 1. The van der Waals surface area contributed by atoms with Crippen LogP contribution >= 0.6 is 0 Å². The summed E-state index contributed by atoms with van der Waals surface area (Å²) < 4.78 is 12.7. The SMILES string of the molecule is NCCCCCCC(=O)Nc1cccc(F)n1. The standard InChI is InChI=1S/C12H18FN3O/c13-10-6-5-7-11(15-10)16-12(17)8-3-1-2-4-9-14/h5-7H,1-4,8-9,14H2,(H,15,16,17). The summed E-state index contributed by atoms with van der Waals surface area (Å²) in [7, 11) is 0. The van der Waals surface area contributed by atoms with Crippen molar-refractivity contribution < 1.29 is 9.18 Å². The van der Waals surface area contributed by atoms with E-state index < -0.39 is 5.95 Å². The van der Waals surface area contributed by atoms with E-state index in [0.717, 1.165) is 25.7 Å². The lowest BCUT2D eigenvalue weighted by Gasteiger charge is -2.04. The summed E-state index contributed by atoms with van der Waals surface area (Å²) in [6.07, 6.45) is 4.28. The molecule has 1 aromatic rings. The fraction of sp³-hybridized carbons (Fsp3) is 0.500. The van der Waals surface area contributed by atoms with Crippen LogP contribution in [0.4, 0.5) is 10.2 Å². The van der Waals surface area contributed by atoms with E-state index in [4.69, 9.17) is 5.73 Å². The van der Waals surface area contributed by atoms with Crippen molar-refractivity contribution in [1.29, 1.82) is 0 Å². The van der Waals surface area contributed by atoms with Gasteiger partial charge in [0.1, 0.15) is 5.82 Å². The predicted molar refractivity (Wildman–Crippen MR) is 65.0 cm³/mol. The Morgan fingerprint density at radius 1 is 1.29 bits per heavy atom. The molecule has 94 valence electrons. The van der Waals surface area contributed by atoms with Crippen molar-refractivity contribution in [2.24, 2.45) is 5.73 Å². The number of amides is 1. The van der Waals surface area contributed by atoms with Crippen molar-refractivity contribution in [3.05, 3.63) is 24.1 Å². The third-order valence-corrected chi connectivity index (χ3v) is 2.34. The van der Waals surface area contributed by atoms with Gasteiger partial charge in [0.15, 0.2) is 0 Å². The van der Waals surface area contributed by atoms with Gasteiger partial charge >= 0.3 is 0 Å². The molecule has 0 atom stereocenters. The van der Waals surface area contributed by atoms with Crippen molar-refractivity contribution in [2.45, 2.75) is 32.1 Å². The molecule has 0 aliphatic carbocycles. The fourth-order valence-electron chi connectivity index (χ4n) is 1.47. The second-order valence-corrected chi connectivity index (χ2v) is 3.85. The van der Waals surface area contributed by atoms with Crippen molar-refractivity contribution in [2.75, 3.05) is 11.9 Å². The molecule has 1 aromatic heterocycles. The molecular weight excluding hydrogens is 221 g/mol. The third-order valence-electron chi connectivity index (χ3n) is 2.34. The number of rotatable bonds is 7. The molecule has 0 saturated carbocycles. The summed E-state index contributed by atoms with van der Waals surface area (Å²) in [5.74, 6) is -0.460. The van der Waals surface area contributed by atoms with Crippen LogP contribution in [-0.2, 0) is 4.79 Å². The van der Waals surface area contributed by atoms with E-state index in [2.05, 4.69) is 10.3 Å². The minimum Gasteiger partial charge on any atom is -0.330 e. The van der Waals surface area contributed by atoms with Gasteiger partial charge in [-0.05, 0) is 31.5 Å². The molecule has 1 rings (SSSR count). The third kappa shape index (κ3) is 5.97. The Morgan fingerprint density at radius 3 is 2.76 bits per heavy atom. The van der Waals surface area contributed by atoms with Crippen LogP contribution in [0.25, 0.3) is 0 Å². The van der Waals surface area contributed by atoms with Gasteiger partial charge in [0.25, 0.3) is 0 Å². The number of aromatic nitrogens is 1. The van der Waals surface area contributed by atoms with E-state index in [1.807, 2.05) is 0 Å². The number of hydrogen-bond donors (Lipinski definition) is 2. The van der Waals surface area contributed by atoms with Gasteiger partial charge in [0.2, 0.25) is 11.9 Å². The number of nitrogens with two attached hydrogens (primary N) is 1. The number of nitrogens with zero attached hydrogens (tertiary/aromatic N) is 1. The zero-order valence-electron chi connectivity index (χ0n) is 9.79. The largest absolute Gasteiger partial charge is 0.330 e. The molecular formula is C12H18FN3O. The Labute approximate surface area is 100 Å². The molecule has 0 saturated heterocycles. The van der Waals surface area contributed by atoms with Crippen LogP contribution in [0.5, 0.6) is 0 Å². The zero-order valence-corrected chi connectivity index (χ0v) is 9.79. The number of hydrogen-bond acceptors (Lipinski definition) is 3. The first kappa shape index (κ1) is 13.6. The van der Waals surface area contributed by atoms with Gasteiger partial charge in [-0.3, -0.25) is 4.79 Å². The lowest BCUT2D eigenvalue weighted by atomic mass is 10.1. The van der Waals surface area contributed by atoms with Crippen LogP contribution in [0.3, 0.4) is 0 Å². The number of carbonyl (C=O) groups excluding carboxylic acids is 1. The van der Waals surface area contributed by atoms with Crippen molar-refractivity contribution in [3.8, 4) is 0 Å². The minimum atomic E-state index is -0.592. The van der Waals surface area contributed by atoms with Gasteiger partial charge in [0, 0.05) is 6.42 Å². The Kier molecular flexibility index (Phi) is 6.17. The van der Waals surface area contributed by atoms with E-state index in [0.29, 0.717) is 13.0 Å². The lowest BCUT2D eigenvalue weighted by Crippen LogP contribution is -2.12. The van der Waals surface area contributed by atoms with E-state index in [1.165, 1.54) is 12.1 Å². The number of nitrogens with one attached hydrogen (secondary N) is 1. The molecule has 0 aromatic carbocycles. The molecule has 17 heavy (non-hydrogen) atoms. The maximum absolute atomic E-state index is 12.7. The predicted octanol–water partition coefficient (Wildman–Crippen LogP) is 2.07. The Balaban J connectivity index is 2.21. The molecule has 4 nitrogen and oxygen atoms in total. The topological polar surface area (TPSA) is 68.0 Å². The van der Waals surface area contributed by atoms with Crippen LogP contribution in [-0.4, -0.2) is 17.4 Å². The van der Waals surface area contributed by atoms with Gasteiger partial charge in [-0.1, -0.05) is 18.9 Å². The molecule has 0 fully saturated rings. The highest BCUT2D eigenvalue weighted by Gasteiger charge is 2.03. The first-order valence-corrected chi connectivity index (χ1v) is 5.85. The molecule has 0 radical (unpaired) electrons. The molecule has 3 N–H and O–H groups in total. The molecule has 1 heterocycles. The quantitative estimate of drug-likeness (QED) is 0.565. The molecule has 1 amide bonds. The summed E-state index contributed by atoms with van der Waals surface area (Å²) in [4.78, 5) is 15.0. The normalized spacial score (nSPS) is 10.2. The fourth-order valence-corrected chi connectivity index (χ4v) is 1.47. The molecule has 0 unspecified atom stereocenters. The van der Waals surface area contributed by atoms with E-state index in [-0.39, 0.29) is 11.7 Å². The van der Waals surface area contributed by atoms with Crippen LogP contribution < -0.4 is 11.1 Å². The Morgan fingerprint density at radius 2 is 2.06 bits per heavy atom. The van der Waals surface area contributed by atoms with E-state index >= 15 is 0 Å². The second kappa shape index (κ2) is 7.73. The summed E-state index contributed by atoms with van der Waals surface area (Å²) >= 11 is 0. The zero-order chi connectivity index (χ0) is 12.5. The van der Waals surface area contributed by atoms with Crippen LogP contribution in [0.2, 0.25) is 0 Å². The lowest BCUT2D eigenvalue weighted by molar-refractivity contribution is -0.116. The van der Waals surface area contributed by atoms with Crippen LogP contribution in [0.15, 0.2) is 18.2 Å². The number of unbranched alkanes of at least 4 members (excludes halogenated alkanes) is 3. The maximum atomic E-state index is 12.7.